The number of anilines is 1. The summed E-state index contributed by atoms with van der Waals surface area (Å²) in [6.45, 7) is 3.84. The van der Waals surface area contributed by atoms with Crippen LogP contribution in [0.3, 0.4) is 0 Å². The minimum Gasteiger partial charge on any atom is -0.468 e. The number of ether oxygens (including phenoxy) is 3. The van der Waals surface area contributed by atoms with Crippen LogP contribution in [0.5, 0.6) is 11.5 Å². The van der Waals surface area contributed by atoms with E-state index < -0.39 is 10.8 Å². The summed E-state index contributed by atoms with van der Waals surface area (Å²) in [4.78, 5) is 28.6. The van der Waals surface area contributed by atoms with Crippen LogP contribution in [0.4, 0.5) is 5.69 Å². The number of nitrogens with one attached hydrogen (secondary N) is 2. The van der Waals surface area contributed by atoms with Crippen molar-refractivity contribution in [2.75, 3.05) is 19.2 Å². The predicted molar refractivity (Wildman–Crippen MR) is 118 cm³/mol. The lowest BCUT2D eigenvalue weighted by molar-refractivity contribution is -0.146. The number of aromatic nitrogens is 1. The first-order valence-corrected chi connectivity index (χ1v) is 10.3. The highest BCUT2D eigenvalue weighted by Gasteiger charge is 2.51. The number of fused-ring (bicyclic) bond motifs is 2. The van der Waals surface area contributed by atoms with Crippen LogP contribution >= 0.6 is 0 Å². The zero-order chi connectivity index (χ0) is 21.8. The lowest BCUT2D eigenvalue weighted by atomic mass is 9.89. The lowest BCUT2D eigenvalue weighted by Crippen LogP contribution is -2.30. The fourth-order valence-electron chi connectivity index (χ4n) is 4.13. The van der Waals surface area contributed by atoms with E-state index in [1.807, 2.05) is 56.3 Å². The van der Waals surface area contributed by atoms with E-state index >= 15 is 0 Å². The first-order chi connectivity index (χ1) is 14.8. The molecule has 2 N–H and O–H groups in total. The molecule has 0 atom stereocenters. The van der Waals surface area contributed by atoms with Crippen molar-refractivity contribution in [1.29, 1.82) is 0 Å². The number of H-pyrrole nitrogens is 1. The predicted octanol–water partition coefficient (Wildman–Crippen LogP) is 4.26. The van der Waals surface area contributed by atoms with Crippen LogP contribution in [0, 0.1) is 0 Å². The largest absolute Gasteiger partial charge is 0.468 e. The molecule has 0 radical (unpaired) electrons. The molecule has 0 bridgehead atoms. The summed E-state index contributed by atoms with van der Waals surface area (Å²) in [5.41, 5.74) is 1.98. The van der Waals surface area contributed by atoms with Crippen molar-refractivity contribution >= 4 is 28.5 Å². The van der Waals surface area contributed by atoms with Crippen LogP contribution in [0.25, 0.3) is 10.9 Å². The number of carbonyl (C=O) groups is 2. The number of carbonyl (C=O) groups excluding carboxylic acids is 2. The molecule has 7 nitrogen and oxygen atoms in total. The molecule has 7 heteroatoms. The van der Waals surface area contributed by atoms with Gasteiger partial charge in [-0.15, -0.1) is 0 Å². The third-order valence-corrected chi connectivity index (χ3v) is 6.36. The number of aromatic amines is 1. The van der Waals surface area contributed by atoms with E-state index in [0.29, 0.717) is 17.2 Å². The summed E-state index contributed by atoms with van der Waals surface area (Å²) in [6, 6.07) is 13.3. The first kappa shape index (κ1) is 19.5. The van der Waals surface area contributed by atoms with Gasteiger partial charge in [0.2, 0.25) is 12.7 Å². The Balaban J connectivity index is 0.00000245. The maximum Gasteiger partial charge on any atom is 0.317 e. The van der Waals surface area contributed by atoms with E-state index in [-0.39, 0.29) is 20.1 Å². The molecule has 162 valence electrons. The third-order valence-electron chi connectivity index (χ3n) is 6.36. The van der Waals surface area contributed by atoms with E-state index in [1.165, 1.54) is 7.11 Å². The van der Waals surface area contributed by atoms with Gasteiger partial charge >= 0.3 is 5.97 Å². The summed E-state index contributed by atoms with van der Waals surface area (Å²) in [6.07, 6.45) is 1.59. The number of amides is 1. The van der Waals surface area contributed by atoms with E-state index in [9.17, 15) is 9.59 Å². The van der Waals surface area contributed by atoms with Crippen molar-refractivity contribution in [3.05, 3.63) is 53.7 Å². The average Bonchev–Trinajstić information content (AvgIpc) is 3.25. The molecule has 2 aliphatic rings. The quantitative estimate of drug-likeness (QED) is 0.600. The fourth-order valence-corrected chi connectivity index (χ4v) is 4.13. The van der Waals surface area contributed by atoms with Crippen molar-refractivity contribution < 1.29 is 25.2 Å². The second kappa shape index (κ2) is 6.77. The van der Waals surface area contributed by atoms with Crippen molar-refractivity contribution in [1.82, 2.24) is 4.98 Å². The van der Waals surface area contributed by atoms with E-state index in [4.69, 9.17) is 14.2 Å². The summed E-state index contributed by atoms with van der Waals surface area (Å²) < 4.78 is 15.8. The SMILES string of the molecule is COC(=O)C(C)(C)c1cc2cc(NC(=O)C3(c4ccc5c(c4)OCO5)CC3)ccc2[nH]1.[HH]. The van der Waals surface area contributed by atoms with Crippen LogP contribution in [0.2, 0.25) is 0 Å². The lowest BCUT2D eigenvalue weighted by Gasteiger charge is -2.19. The van der Waals surface area contributed by atoms with Crippen LogP contribution in [0.15, 0.2) is 42.5 Å². The van der Waals surface area contributed by atoms with Gasteiger partial charge in [-0.05, 0) is 68.7 Å². The monoisotopic (exact) mass is 422 g/mol. The Labute approximate surface area is 181 Å². The molecule has 1 amide bonds. The number of methoxy groups -OCH3 is 1. The second-order valence-electron chi connectivity index (χ2n) is 8.71. The Morgan fingerprint density at radius 3 is 2.61 bits per heavy atom. The molecule has 1 aliphatic carbocycles. The second-order valence-corrected chi connectivity index (χ2v) is 8.71. The minimum atomic E-state index is -0.797. The summed E-state index contributed by atoms with van der Waals surface area (Å²) in [5, 5.41) is 3.98. The fraction of sp³-hybridized carbons (Fsp3) is 0.333. The normalized spacial score (nSPS) is 16.2. The number of rotatable bonds is 5. The van der Waals surface area contributed by atoms with Gasteiger partial charge in [0.15, 0.2) is 11.5 Å². The maximum atomic E-state index is 13.2. The van der Waals surface area contributed by atoms with Crippen LogP contribution < -0.4 is 14.8 Å². The first-order valence-electron chi connectivity index (χ1n) is 10.3. The van der Waals surface area contributed by atoms with Gasteiger partial charge in [-0.2, -0.15) is 0 Å². The zero-order valence-corrected chi connectivity index (χ0v) is 17.7. The number of hydrogen-bond donors (Lipinski definition) is 2. The number of esters is 1. The maximum absolute atomic E-state index is 13.2. The number of hydrogen-bond acceptors (Lipinski definition) is 5. The van der Waals surface area contributed by atoms with Gasteiger partial charge in [-0.25, -0.2) is 0 Å². The average molecular weight is 422 g/mol. The van der Waals surface area contributed by atoms with Crippen LogP contribution in [-0.4, -0.2) is 30.8 Å². The zero-order valence-electron chi connectivity index (χ0n) is 17.7. The molecular weight excluding hydrogens is 396 g/mol. The molecule has 0 spiro atoms. The Hall–Kier alpha value is -3.48. The van der Waals surface area contributed by atoms with Gasteiger partial charge in [-0.3, -0.25) is 9.59 Å². The van der Waals surface area contributed by atoms with Crippen LogP contribution in [0.1, 0.15) is 39.4 Å². The van der Waals surface area contributed by atoms with Crippen molar-refractivity contribution in [3.8, 4) is 11.5 Å². The van der Waals surface area contributed by atoms with Crippen molar-refractivity contribution in [2.45, 2.75) is 37.5 Å². The highest BCUT2D eigenvalue weighted by atomic mass is 16.7. The van der Waals surface area contributed by atoms with Gasteiger partial charge in [0.25, 0.3) is 0 Å². The molecule has 0 saturated heterocycles. The molecule has 31 heavy (non-hydrogen) atoms. The van der Waals surface area contributed by atoms with E-state index in [0.717, 1.165) is 35.0 Å². The third kappa shape index (κ3) is 3.12. The highest BCUT2D eigenvalue weighted by molar-refractivity contribution is 6.02. The highest BCUT2D eigenvalue weighted by Crippen LogP contribution is 2.51. The summed E-state index contributed by atoms with van der Waals surface area (Å²) >= 11 is 0. The Morgan fingerprint density at radius 1 is 1.10 bits per heavy atom. The summed E-state index contributed by atoms with van der Waals surface area (Å²) in [5.74, 6) is 1.05. The topological polar surface area (TPSA) is 89.7 Å². The van der Waals surface area contributed by atoms with Gasteiger partial charge in [-0.1, -0.05) is 6.07 Å². The Kier molecular flexibility index (Phi) is 4.25. The molecule has 2 heterocycles. The molecule has 1 fully saturated rings. The smallest absolute Gasteiger partial charge is 0.317 e. The van der Waals surface area contributed by atoms with Gasteiger partial charge in [0.05, 0.1) is 12.5 Å². The minimum absolute atomic E-state index is 0. The van der Waals surface area contributed by atoms with Gasteiger partial charge in [0.1, 0.15) is 5.41 Å². The number of benzene rings is 2. The molecule has 1 aromatic heterocycles. The van der Waals surface area contributed by atoms with Gasteiger partial charge in [0, 0.05) is 23.7 Å². The Bertz CT molecular complexity index is 1210. The van der Waals surface area contributed by atoms with Crippen molar-refractivity contribution in [2.24, 2.45) is 0 Å². The summed E-state index contributed by atoms with van der Waals surface area (Å²) in [7, 11) is 1.38. The molecular formula is C24H26N2O5. The van der Waals surface area contributed by atoms with E-state index in [1.54, 1.807) is 0 Å². The molecule has 1 aliphatic heterocycles. The van der Waals surface area contributed by atoms with Crippen LogP contribution in [-0.2, 0) is 25.2 Å². The standard InChI is InChI=1S/C24H24N2O5.H2/c1-23(2,22(28)29-3)20-11-14-10-16(5-6-17(14)26-20)25-21(27)24(8-9-24)15-4-7-18-19(12-15)31-13-30-18;/h4-7,10-12,26H,8-9,13H2,1-3H3,(H,25,27);1H. The molecule has 5 rings (SSSR count). The molecule has 2 aromatic carbocycles. The van der Waals surface area contributed by atoms with Gasteiger partial charge < -0.3 is 24.5 Å². The Morgan fingerprint density at radius 2 is 1.87 bits per heavy atom. The molecule has 0 unspecified atom stereocenters. The van der Waals surface area contributed by atoms with Crippen molar-refractivity contribution in [3.63, 3.8) is 0 Å². The van der Waals surface area contributed by atoms with E-state index in [2.05, 4.69) is 10.3 Å². The molecule has 3 aromatic rings. The molecule has 1 saturated carbocycles.